The topological polar surface area (TPSA) is 126 Å². The van der Waals surface area contributed by atoms with Crippen molar-refractivity contribution in [2.45, 2.75) is 32.7 Å². The van der Waals surface area contributed by atoms with E-state index in [9.17, 15) is 23.1 Å². The highest BCUT2D eigenvalue weighted by Gasteiger charge is 2.35. The van der Waals surface area contributed by atoms with Crippen LogP contribution in [0.15, 0.2) is 48.8 Å². The van der Waals surface area contributed by atoms with E-state index in [0.717, 1.165) is 17.3 Å². The van der Waals surface area contributed by atoms with Gasteiger partial charge in [-0.1, -0.05) is 12.1 Å². The van der Waals surface area contributed by atoms with Crippen LogP contribution >= 0.6 is 0 Å². The number of nitrogens with two attached hydrogens (primary N) is 2. The fourth-order valence-corrected chi connectivity index (χ4v) is 4.27. The summed E-state index contributed by atoms with van der Waals surface area (Å²) in [5.74, 6) is 5.64. The molecular formula is C26H30F3N7O2. The number of halogens is 3. The first-order chi connectivity index (χ1) is 17.8. The smallest absolute Gasteiger partial charge is 0.397 e. The minimum Gasteiger partial charge on any atom is -0.397 e. The van der Waals surface area contributed by atoms with Gasteiger partial charge in [-0.25, -0.2) is 5.84 Å². The van der Waals surface area contributed by atoms with Crippen LogP contribution in [0.4, 0.5) is 24.5 Å². The second kappa shape index (κ2) is 10.5. The fraction of sp³-hybridized carbons (Fsp3) is 0.308. The van der Waals surface area contributed by atoms with Crippen molar-refractivity contribution in [3.05, 3.63) is 82.3 Å². The summed E-state index contributed by atoms with van der Waals surface area (Å²) in [5, 5.41) is 17.4. The molecule has 0 saturated carbocycles. The number of amides is 1. The first kappa shape index (κ1) is 27.2. The van der Waals surface area contributed by atoms with Gasteiger partial charge in [-0.05, 0) is 49.2 Å². The molecule has 1 amide bonds. The van der Waals surface area contributed by atoms with Crippen LogP contribution in [0.1, 0.15) is 38.3 Å². The zero-order chi connectivity index (χ0) is 27.8. The molecule has 3 aromatic rings. The number of hydrogen-bond acceptors (Lipinski definition) is 7. The van der Waals surface area contributed by atoms with Gasteiger partial charge in [0.1, 0.15) is 0 Å². The molecule has 202 valence electrons. The summed E-state index contributed by atoms with van der Waals surface area (Å²) in [4.78, 5) is 14.7. The Kier molecular flexibility index (Phi) is 7.49. The monoisotopic (exact) mass is 529 g/mol. The maximum absolute atomic E-state index is 13.8. The maximum Gasteiger partial charge on any atom is 0.416 e. The molecule has 1 aliphatic rings. The Balaban J connectivity index is 1.54. The van der Waals surface area contributed by atoms with Crippen molar-refractivity contribution in [1.82, 2.24) is 14.7 Å². The number of rotatable bonds is 7. The quantitative estimate of drug-likeness (QED) is 0.274. The van der Waals surface area contributed by atoms with Gasteiger partial charge in [-0.15, -0.1) is 0 Å². The zero-order valence-corrected chi connectivity index (χ0v) is 21.3. The third-order valence-electron chi connectivity index (χ3n) is 6.58. The van der Waals surface area contributed by atoms with Crippen LogP contribution in [0.5, 0.6) is 0 Å². The number of carbonyl (C=O) groups excluding carboxylic acids is 1. The number of anilines is 2. The number of aryl methyl sites for hydroxylation is 2. The van der Waals surface area contributed by atoms with Crippen LogP contribution in [0.25, 0.3) is 5.70 Å². The standard InChI is InChI=1S/C26H30F3N7O2/c1-15-4-5-17(8-24(15)36(31)14-23(30)21-10-32-34(3)16(21)2)25(38)33-19-7-6-18(11-35-12-20(37)13-35)22(9-19)26(27,28)29/h4-10,14,20,37H,11-13,30-31H2,1-3H3,(H,33,38)/b23-14-. The molecule has 0 unspecified atom stereocenters. The number of nitrogens with one attached hydrogen (secondary N) is 1. The van der Waals surface area contributed by atoms with Gasteiger partial charge in [-0.3, -0.25) is 19.4 Å². The highest BCUT2D eigenvalue weighted by atomic mass is 19.4. The van der Waals surface area contributed by atoms with E-state index in [4.69, 9.17) is 11.6 Å². The summed E-state index contributed by atoms with van der Waals surface area (Å²) >= 11 is 0. The Morgan fingerprint density at radius 3 is 2.55 bits per heavy atom. The average molecular weight is 530 g/mol. The minimum absolute atomic E-state index is 0.0117. The molecule has 1 fully saturated rings. The molecule has 0 spiro atoms. The van der Waals surface area contributed by atoms with Gasteiger partial charge in [0.05, 0.1) is 29.2 Å². The molecule has 38 heavy (non-hydrogen) atoms. The number of hydrazine groups is 1. The third kappa shape index (κ3) is 5.82. The molecule has 1 aromatic heterocycles. The Labute approximate surface area is 218 Å². The number of aromatic nitrogens is 2. The van der Waals surface area contributed by atoms with E-state index in [0.29, 0.717) is 30.0 Å². The molecule has 0 bridgehead atoms. The van der Waals surface area contributed by atoms with Gasteiger partial charge >= 0.3 is 6.18 Å². The van der Waals surface area contributed by atoms with Crippen molar-refractivity contribution in [1.29, 1.82) is 0 Å². The number of nitrogens with zero attached hydrogens (tertiary/aromatic N) is 4. The lowest BCUT2D eigenvalue weighted by Gasteiger charge is -2.36. The summed E-state index contributed by atoms with van der Waals surface area (Å²) in [6, 6.07) is 8.50. The molecule has 2 heterocycles. The first-order valence-corrected chi connectivity index (χ1v) is 11.9. The van der Waals surface area contributed by atoms with Crippen molar-refractivity contribution in [2.24, 2.45) is 18.6 Å². The summed E-state index contributed by atoms with van der Waals surface area (Å²) in [6.07, 6.45) is -1.98. The minimum atomic E-state index is -4.60. The second-order valence-corrected chi connectivity index (χ2v) is 9.43. The normalized spacial score (nSPS) is 14.9. The van der Waals surface area contributed by atoms with Crippen LogP contribution in [0.2, 0.25) is 0 Å². The van der Waals surface area contributed by atoms with Gasteiger partial charge in [0, 0.05) is 55.4 Å². The van der Waals surface area contributed by atoms with Crippen molar-refractivity contribution in [3.63, 3.8) is 0 Å². The van der Waals surface area contributed by atoms with Crippen molar-refractivity contribution in [3.8, 4) is 0 Å². The lowest BCUT2D eigenvalue weighted by Crippen LogP contribution is -2.50. The van der Waals surface area contributed by atoms with E-state index in [-0.39, 0.29) is 23.4 Å². The van der Waals surface area contributed by atoms with E-state index in [1.54, 1.807) is 41.0 Å². The van der Waals surface area contributed by atoms with Crippen molar-refractivity contribution < 1.29 is 23.1 Å². The Bertz CT molecular complexity index is 1380. The third-order valence-corrected chi connectivity index (χ3v) is 6.58. The number of benzene rings is 2. The van der Waals surface area contributed by atoms with Gasteiger partial charge < -0.3 is 16.2 Å². The summed E-state index contributed by atoms with van der Waals surface area (Å²) < 4.78 is 42.9. The molecule has 0 radical (unpaired) electrons. The molecular weight excluding hydrogens is 499 g/mol. The van der Waals surface area contributed by atoms with E-state index in [1.165, 1.54) is 23.3 Å². The van der Waals surface area contributed by atoms with Crippen LogP contribution in [-0.4, -0.2) is 44.9 Å². The molecule has 2 aromatic carbocycles. The number of aliphatic hydroxyl groups excluding tert-OH is 1. The predicted octanol–water partition coefficient (Wildman–Crippen LogP) is 3.12. The molecule has 0 atom stereocenters. The number of likely N-dealkylation sites (tertiary alicyclic amines) is 1. The molecule has 0 aliphatic carbocycles. The van der Waals surface area contributed by atoms with Crippen LogP contribution in [0, 0.1) is 13.8 Å². The molecule has 6 N–H and O–H groups in total. The van der Waals surface area contributed by atoms with E-state index in [2.05, 4.69) is 10.4 Å². The van der Waals surface area contributed by atoms with Crippen molar-refractivity contribution >= 4 is 23.0 Å². The van der Waals surface area contributed by atoms with Gasteiger partial charge in [0.15, 0.2) is 0 Å². The average Bonchev–Trinajstić information content (AvgIpc) is 3.16. The lowest BCUT2D eigenvalue weighted by atomic mass is 10.0. The lowest BCUT2D eigenvalue weighted by molar-refractivity contribution is -0.138. The second-order valence-electron chi connectivity index (χ2n) is 9.43. The first-order valence-electron chi connectivity index (χ1n) is 11.9. The van der Waals surface area contributed by atoms with Gasteiger partial charge in [0.2, 0.25) is 0 Å². The highest BCUT2D eigenvalue weighted by molar-refractivity contribution is 6.05. The van der Waals surface area contributed by atoms with Crippen LogP contribution in [0.3, 0.4) is 0 Å². The SMILES string of the molecule is Cc1ccc(C(=O)Nc2ccc(CN3CC(O)C3)c(C(F)(F)F)c2)cc1N(N)/C=C(\N)c1cnn(C)c1C. The zero-order valence-electron chi connectivity index (χ0n) is 21.3. The number of alkyl halides is 3. The Morgan fingerprint density at radius 1 is 1.24 bits per heavy atom. The molecule has 4 rings (SSSR count). The summed E-state index contributed by atoms with van der Waals surface area (Å²) in [7, 11) is 1.79. The highest BCUT2D eigenvalue weighted by Crippen LogP contribution is 2.35. The summed E-state index contributed by atoms with van der Waals surface area (Å²) in [6.45, 7) is 4.38. The molecule has 12 heteroatoms. The summed E-state index contributed by atoms with van der Waals surface area (Å²) in [5.41, 5.74) is 8.86. The van der Waals surface area contributed by atoms with Crippen LogP contribution in [-0.2, 0) is 19.8 Å². The molecule has 9 nitrogen and oxygen atoms in total. The molecule has 1 saturated heterocycles. The van der Waals surface area contributed by atoms with Gasteiger partial charge in [0.25, 0.3) is 5.91 Å². The maximum atomic E-state index is 13.8. The van der Waals surface area contributed by atoms with Gasteiger partial charge in [-0.2, -0.15) is 18.3 Å². The van der Waals surface area contributed by atoms with E-state index < -0.39 is 23.8 Å². The van der Waals surface area contributed by atoms with Crippen molar-refractivity contribution in [2.75, 3.05) is 23.4 Å². The predicted molar refractivity (Wildman–Crippen MR) is 139 cm³/mol. The fourth-order valence-electron chi connectivity index (χ4n) is 4.27. The Morgan fingerprint density at radius 2 is 1.95 bits per heavy atom. The van der Waals surface area contributed by atoms with E-state index >= 15 is 0 Å². The number of β-amino-alcohol motifs (C(OH)–C–C–N with tert-alkyl or cyclic N) is 1. The number of aliphatic hydroxyl groups is 1. The number of carbonyl (C=O) groups is 1. The van der Waals surface area contributed by atoms with E-state index in [1.807, 2.05) is 13.8 Å². The molecule has 1 aliphatic heterocycles. The Hall–Kier alpha value is -3.87. The largest absolute Gasteiger partial charge is 0.416 e. The van der Waals surface area contributed by atoms with Crippen LogP contribution < -0.4 is 21.9 Å². The number of hydrogen-bond donors (Lipinski definition) is 4.